The maximum atomic E-state index is 13.1. The van der Waals surface area contributed by atoms with Crippen molar-refractivity contribution in [2.45, 2.75) is 19.3 Å². The van der Waals surface area contributed by atoms with Crippen LogP contribution >= 0.6 is 0 Å². The average molecular weight is 179 g/mol. The topological polar surface area (TPSA) is 49.3 Å². The molecule has 1 aliphatic heterocycles. The van der Waals surface area contributed by atoms with E-state index in [0.717, 1.165) is 6.92 Å². The molecule has 0 aliphatic carbocycles. The van der Waals surface area contributed by atoms with Gasteiger partial charge in [-0.05, 0) is 19.9 Å². The van der Waals surface area contributed by atoms with Crippen LogP contribution in [0.25, 0.3) is 0 Å². The number of rotatable bonds is 1. The Balaban J connectivity index is 2.91. The number of carboxylic acid groups (broad SMARTS) is 1. The normalized spacial score (nSPS) is 34.6. The molecule has 1 rings (SSSR count). The fourth-order valence-corrected chi connectivity index (χ4v) is 1.23. The molecule has 1 atom stereocenters. The average Bonchev–Trinajstić information content (AvgIpc) is 1.95. The molecule has 3 nitrogen and oxygen atoms in total. The lowest BCUT2D eigenvalue weighted by Gasteiger charge is -2.37. The van der Waals surface area contributed by atoms with E-state index in [-0.39, 0.29) is 6.42 Å². The molecular formula is C7H11F2NO2. The first kappa shape index (κ1) is 9.38. The molecule has 12 heavy (non-hydrogen) atoms. The summed E-state index contributed by atoms with van der Waals surface area (Å²) in [6.07, 6.45) is -0.0324. The van der Waals surface area contributed by atoms with E-state index in [9.17, 15) is 13.6 Å². The molecule has 2 N–H and O–H groups in total. The summed E-state index contributed by atoms with van der Waals surface area (Å²) in [5, 5.41) is 11.1. The molecule has 0 aromatic heterocycles. The zero-order chi connectivity index (χ0) is 9.41. The van der Waals surface area contributed by atoms with Gasteiger partial charge in [0.1, 0.15) is 5.41 Å². The molecule has 5 heteroatoms. The van der Waals surface area contributed by atoms with Gasteiger partial charge in [0.2, 0.25) is 0 Å². The van der Waals surface area contributed by atoms with Crippen molar-refractivity contribution >= 4 is 5.97 Å². The first-order valence-corrected chi connectivity index (χ1v) is 3.72. The SMILES string of the molecule is CC1(C(=O)O)CCNCC1(F)F. The van der Waals surface area contributed by atoms with E-state index in [2.05, 4.69) is 5.32 Å². The van der Waals surface area contributed by atoms with Crippen LogP contribution in [0.15, 0.2) is 0 Å². The predicted molar refractivity (Wildman–Crippen MR) is 38.2 cm³/mol. The number of carbonyl (C=O) groups is 1. The third kappa shape index (κ3) is 1.18. The largest absolute Gasteiger partial charge is 0.481 e. The first-order valence-electron chi connectivity index (χ1n) is 3.72. The number of hydrogen-bond acceptors (Lipinski definition) is 2. The summed E-state index contributed by atoms with van der Waals surface area (Å²) >= 11 is 0. The van der Waals surface area contributed by atoms with Gasteiger partial charge in [0.15, 0.2) is 0 Å². The summed E-state index contributed by atoms with van der Waals surface area (Å²) in [5.74, 6) is -4.58. The number of aliphatic carboxylic acids is 1. The van der Waals surface area contributed by atoms with E-state index in [4.69, 9.17) is 5.11 Å². The lowest BCUT2D eigenvalue weighted by molar-refractivity contribution is -0.181. The highest BCUT2D eigenvalue weighted by Gasteiger charge is 2.56. The van der Waals surface area contributed by atoms with E-state index in [0.29, 0.717) is 6.54 Å². The number of alkyl halides is 2. The van der Waals surface area contributed by atoms with Crippen LogP contribution in [0, 0.1) is 5.41 Å². The Labute approximate surface area is 68.8 Å². The summed E-state index contributed by atoms with van der Waals surface area (Å²) in [6, 6.07) is 0. The van der Waals surface area contributed by atoms with Crippen molar-refractivity contribution in [3.63, 3.8) is 0 Å². The van der Waals surface area contributed by atoms with Gasteiger partial charge in [0, 0.05) is 0 Å². The van der Waals surface area contributed by atoms with Crippen molar-refractivity contribution in [1.82, 2.24) is 5.32 Å². The minimum Gasteiger partial charge on any atom is -0.481 e. The smallest absolute Gasteiger partial charge is 0.315 e. The lowest BCUT2D eigenvalue weighted by Crippen LogP contribution is -2.56. The zero-order valence-electron chi connectivity index (χ0n) is 6.73. The van der Waals surface area contributed by atoms with Crippen molar-refractivity contribution in [1.29, 1.82) is 0 Å². The Hall–Kier alpha value is -0.710. The fraction of sp³-hybridized carbons (Fsp3) is 0.857. The van der Waals surface area contributed by atoms with E-state index < -0.39 is 23.9 Å². The third-order valence-electron chi connectivity index (χ3n) is 2.43. The van der Waals surface area contributed by atoms with Crippen LogP contribution in [-0.4, -0.2) is 30.1 Å². The molecule has 1 aliphatic rings. The van der Waals surface area contributed by atoms with Crippen LogP contribution in [0.5, 0.6) is 0 Å². The van der Waals surface area contributed by atoms with Gasteiger partial charge in [0.25, 0.3) is 5.92 Å². The Kier molecular flexibility index (Phi) is 2.07. The molecule has 0 aromatic carbocycles. The molecular weight excluding hydrogens is 168 g/mol. The number of halogens is 2. The van der Waals surface area contributed by atoms with Gasteiger partial charge >= 0.3 is 5.97 Å². The molecule has 1 heterocycles. The van der Waals surface area contributed by atoms with Gasteiger partial charge in [-0.25, -0.2) is 8.78 Å². The van der Waals surface area contributed by atoms with Crippen LogP contribution < -0.4 is 5.32 Å². The summed E-state index contributed by atoms with van der Waals surface area (Å²) < 4.78 is 26.1. The van der Waals surface area contributed by atoms with Crippen LogP contribution in [0.2, 0.25) is 0 Å². The first-order chi connectivity index (χ1) is 5.40. The van der Waals surface area contributed by atoms with E-state index in [1.807, 2.05) is 0 Å². The van der Waals surface area contributed by atoms with Gasteiger partial charge in [-0.2, -0.15) is 0 Å². The van der Waals surface area contributed by atoms with E-state index in [1.54, 1.807) is 0 Å². The van der Waals surface area contributed by atoms with Crippen LogP contribution in [-0.2, 0) is 4.79 Å². The molecule has 70 valence electrons. The second kappa shape index (κ2) is 2.65. The Bertz CT molecular complexity index is 208. The molecule has 1 fully saturated rings. The van der Waals surface area contributed by atoms with Gasteiger partial charge in [-0.3, -0.25) is 4.79 Å². The number of carboxylic acids is 1. The summed E-state index contributed by atoms with van der Waals surface area (Å²) in [5.41, 5.74) is -1.90. The predicted octanol–water partition coefficient (Wildman–Crippen LogP) is 0.706. The maximum absolute atomic E-state index is 13.1. The van der Waals surface area contributed by atoms with Crippen LogP contribution in [0.4, 0.5) is 8.78 Å². The Morgan fingerprint density at radius 1 is 1.58 bits per heavy atom. The Morgan fingerprint density at radius 2 is 2.17 bits per heavy atom. The number of piperidine rings is 1. The molecule has 0 radical (unpaired) electrons. The standard InChI is InChI=1S/C7H11F2NO2/c1-6(5(11)12)2-3-10-4-7(6,8)9/h10H,2-4H2,1H3,(H,11,12). The van der Waals surface area contributed by atoms with Gasteiger partial charge in [-0.1, -0.05) is 0 Å². The monoisotopic (exact) mass is 179 g/mol. The molecule has 0 saturated carbocycles. The molecule has 0 spiro atoms. The second-order valence-electron chi connectivity index (χ2n) is 3.27. The minimum absolute atomic E-state index is 0.0324. The van der Waals surface area contributed by atoms with Crippen LogP contribution in [0.1, 0.15) is 13.3 Å². The molecule has 0 bridgehead atoms. The maximum Gasteiger partial charge on any atom is 0.315 e. The minimum atomic E-state index is -3.16. The van der Waals surface area contributed by atoms with Crippen LogP contribution in [0.3, 0.4) is 0 Å². The van der Waals surface area contributed by atoms with Crippen molar-refractivity contribution < 1.29 is 18.7 Å². The lowest BCUT2D eigenvalue weighted by atomic mass is 9.78. The highest BCUT2D eigenvalue weighted by molar-refractivity contribution is 5.75. The highest BCUT2D eigenvalue weighted by Crippen LogP contribution is 2.41. The van der Waals surface area contributed by atoms with Gasteiger partial charge in [-0.15, -0.1) is 0 Å². The summed E-state index contributed by atoms with van der Waals surface area (Å²) in [4.78, 5) is 10.6. The third-order valence-corrected chi connectivity index (χ3v) is 2.43. The molecule has 1 unspecified atom stereocenters. The second-order valence-corrected chi connectivity index (χ2v) is 3.27. The van der Waals surface area contributed by atoms with Crippen molar-refractivity contribution in [3.8, 4) is 0 Å². The summed E-state index contributed by atoms with van der Waals surface area (Å²) in [6.45, 7) is 0.879. The zero-order valence-corrected chi connectivity index (χ0v) is 6.73. The molecule has 1 saturated heterocycles. The van der Waals surface area contributed by atoms with Gasteiger partial charge < -0.3 is 10.4 Å². The van der Waals surface area contributed by atoms with Crippen molar-refractivity contribution in [3.05, 3.63) is 0 Å². The van der Waals surface area contributed by atoms with E-state index in [1.165, 1.54) is 0 Å². The Morgan fingerprint density at radius 3 is 2.50 bits per heavy atom. The number of nitrogens with one attached hydrogen (secondary N) is 1. The van der Waals surface area contributed by atoms with E-state index >= 15 is 0 Å². The molecule has 0 amide bonds. The highest BCUT2D eigenvalue weighted by atomic mass is 19.3. The number of hydrogen-bond donors (Lipinski definition) is 2. The fourth-order valence-electron chi connectivity index (χ4n) is 1.23. The summed E-state index contributed by atoms with van der Waals surface area (Å²) in [7, 11) is 0. The van der Waals surface area contributed by atoms with Gasteiger partial charge in [0.05, 0.1) is 6.54 Å². The molecule has 0 aromatic rings. The van der Waals surface area contributed by atoms with Crippen molar-refractivity contribution in [2.75, 3.05) is 13.1 Å². The quantitative estimate of drug-likeness (QED) is 0.623. The van der Waals surface area contributed by atoms with Crippen molar-refractivity contribution in [2.24, 2.45) is 5.41 Å².